The number of hydrogen-bond donors (Lipinski definition) is 2. The van der Waals surface area contributed by atoms with Crippen molar-refractivity contribution >= 4 is 15.9 Å². The standard InChI is InChI=1S/C14H19FN2O3S/c1-10(12-3-2-4-13(15)7-12)17-14(18)16-8-11-5-6-21(19,20)9-11/h2-4,7,10-11H,5-6,8-9H2,1H3,(H2,16,17,18)/t10-,11-/m1/s1. The number of urea groups is 1. The minimum atomic E-state index is -2.93. The Morgan fingerprint density at radius 1 is 1.48 bits per heavy atom. The van der Waals surface area contributed by atoms with Crippen LogP contribution in [0.4, 0.5) is 9.18 Å². The van der Waals surface area contributed by atoms with Gasteiger partial charge in [0.1, 0.15) is 5.82 Å². The molecule has 2 atom stereocenters. The van der Waals surface area contributed by atoms with E-state index < -0.39 is 9.84 Å². The highest BCUT2D eigenvalue weighted by Gasteiger charge is 2.27. The highest BCUT2D eigenvalue weighted by atomic mass is 32.2. The minimum absolute atomic E-state index is 0.0229. The second kappa shape index (κ2) is 6.43. The summed E-state index contributed by atoms with van der Waals surface area (Å²) < 4.78 is 35.7. The molecule has 2 N–H and O–H groups in total. The molecule has 1 aliphatic heterocycles. The van der Waals surface area contributed by atoms with Gasteiger partial charge in [-0.25, -0.2) is 17.6 Å². The Kier molecular flexibility index (Phi) is 4.82. The average Bonchev–Trinajstić information content (AvgIpc) is 2.76. The predicted octanol–water partition coefficient (Wildman–Crippen LogP) is 1.62. The number of sulfone groups is 1. The highest BCUT2D eigenvalue weighted by Crippen LogP contribution is 2.17. The van der Waals surface area contributed by atoms with Crippen LogP contribution in [-0.4, -0.2) is 32.5 Å². The van der Waals surface area contributed by atoms with Gasteiger partial charge in [-0.05, 0) is 37.0 Å². The number of rotatable bonds is 4. The summed E-state index contributed by atoms with van der Waals surface area (Å²) in [5, 5.41) is 5.37. The molecule has 1 aromatic carbocycles. The molecule has 1 heterocycles. The Balaban J connectivity index is 1.79. The summed E-state index contributed by atoms with van der Waals surface area (Å²) >= 11 is 0. The van der Waals surface area contributed by atoms with E-state index in [1.54, 1.807) is 19.1 Å². The fourth-order valence-corrected chi connectivity index (χ4v) is 4.24. The summed E-state index contributed by atoms with van der Waals surface area (Å²) in [7, 11) is -2.93. The van der Waals surface area contributed by atoms with E-state index in [-0.39, 0.29) is 35.3 Å². The molecule has 0 radical (unpaired) electrons. The van der Waals surface area contributed by atoms with E-state index in [0.717, 1.165) is 0 Å². The minimum Gasteiger partial charge on any atom is -0.338 e. The third-order valence-corrected chi connectivity index (χ3v) is 5.41. The molecule has 1 aromatic rings. The zero-order valence-corrected chi connectivity index (χ0v) is 12.6. The van der Waals surface area contributed by atoms with E-state index in [1.807, 2.05) is 0 Å². The van der Waals surface area contributed by atoms with Crippen LogP contribution in [0.2, 0.25) is 0 Å². The Morgan fingerprint density at radius 2 is 2.24 bits per heavy atom. The van der Waals surface area contributed by atoms with Crippen molar-refractivity contribution < 1.29 is 17.6 Å². The van der Waals surface area contributed by atoms with Crippen molar-refractivity contribution in [3.05, 3.63) is 35.6 Å². The van der Waals surface area contributed by atoms with Crippen molar-refractivity contribution in [3.8, 4) is 0 Å². The van der Waals surface area contributed by atoms with Crippen molar-refractivity contribution in [2.75, 3.05) is 18.1 Å². The van der Waals surface area contributed by atoms with E-state index in [9.17, 15) is 17.6 Å². The van der Waals surface area contributed by atoms with E-state index in [4.69, 9.17) is 0 Å². The number of carbonyl (C=O) groups excluding carboxylic acids is 1. The lowest BCUT2D eigenvalue weighted by Gasteiger charge is -2.16. The van der Waals surface area contributed by atoms with Gasteiger partial charge in [0.15, 0.2) is 9.84 Å². The quantitative estimate of drug-likeness (QED) is 0.887. The van der Waals surface area contributed by atoms with Crippen LogP contribution in [0.25, 0.3) is 0 Å². The van der Waals surface area contributed by atoms with Gasteiger partial charge in [0.05, 0.1) is 17.5 Å². The van der Waals surface area contributed by atoms with Crippen LogP contribution >= 0.6 is 0 Å². The molecule has 0 aromatic heterocycles. The van der Waals surface area contributed by atoms with Gasteiger partial charge in [0.2, 0.25) is 0 Å². The molecule has 5 nitrogen and oxygen atoms in total. The Bertz CT molecular complexity index is 618. The first-order valence-electron chi connectivity index (χ1n) is 6.86. The maximum absolute atomic E-state index is 13.1. The van der Waals surface area contributed by atoms with Gasteiger partial charge in [0, 0.05) is 6.54 Å². The second-order valence-electron chi connectivity index (χ2n) is 5.40. The molecule has 0 spiro atoms. The molecule has 0 saturated carbocycles. The molecule has 21 heavy (non-hydrogen) atoms. The van der Waals surface area contributed by atoms with Gasteiger partial charge in [-0.15, -0.1) is 0 Å². The molecule has 2 rings (SSSR count). The van der Waals surface area contributed by atoms with Gasteiger partial charge < -0.3 is 10.6 Å². The number of benzene rings is 1. The zero-order valence-electron chi connectivity index (χ0n) is 11.8. The molecule has 0 aliphatic carbocycles. The maximum Gasteiger partial charge on any atom is 0.315 e. The van der Waals surface area contributed by atoms with E-state index in [1.165, 1.54) is 12.1 Å². The van der Waals surface area contributed by atoms with Crippen LogP contribution in [0.1, 0.15) is 24.9 Å². The average molecular weight is 314 g/mol. The van der Waals surface area contributed by atoms with Crippen molar-refractivity contribution in [2.24, 2.45) is 5.92 Å². The van der Waals surface area contributed by atoms with Gasteiger partial charge in [-0.2, -0.15) is 0 Å². The lowest BCUT2D eigenvalue weighted by atomic mass is 10.1. The van der Waals surface area contributed by atoms with Crippen molar-refractivity contribution in [3.63, 3.8) is 0 Å². The van der Waals surface area contributed by atoms with Crippen molar-refractivity contribution in [1.82, 2.24) is 10.6 Å². The van der Waals surface area contributed by atoms with Crippen molar-refractivity contribution in [2.45, 2.75) is 19.4 Å². The molecule has 7 heteroatoms. The fraction of sp³-hybridized carbons (Fsp3) is 0.500. The maximum atomic E-state index is 13.1. The van der Waals surface area contributed by atoms with Gasteiger partial charge in [-0.1, -0.05) is 12.1 Å². The second-order valence-corrected chi connectivity index (χ2v) is 7.63. The van der Waals surface area contributed by atoms with Gasteiger partial charge in [0.25, 0.3) is 0 Å². The summed E-state index contributed by atoms with van der Waals surface area (Å²) in [6, 6.07) is 5.33. The molecular weight excluding hydrogens is 295 g/mol. The first-order chi connectivity index (χ1) is 9.85. The fourth-order valence-electron chi connectivity index (χ4n) is 2.38. The van der Waals surface area contributed by atoms with Crippen LogP contribution in [0.3, 0.4) is 0 Å². The molecule has 0 bridgehead atoms. The summed E-state index contributed by atoms with van der Waals surface area (Å²) in [5.41, 5.74) is 0.675. The van der Waals surface area contributed by atoms with Crippen LogP contribution in [0.5, 0.6) is 0 Å². The molecule has 0 unspecified atom stereocenters. The normalized spacial score (nSPS) is 21.7. The van der Waals surface area contributed by atoms with E-state index in [2.05, 4.69) is 10.6 Å². The first-order valence-corrected chi connectivity index (χ1v) is 8.68. The zero-order chi connectivity index (χ0) is 15.5. The number of hydrogen-bond acceptors (Lipinski definition) is 3. The Morgan fingerprint density at radius 3 is 2.86 bits per heavy atom. The summed E-state index contributed by atoms with van der Waals surface area (Å²) in [6.45, 7) is 2.09. The smallest absolute Gasteiger partial charge is 0.315 e. The molecular formula is C14H19FN2O3S. The topological polar surface area (TPSA) is 75.3 Å². The molecule has 1 fully saturated rings. The van der Waals surface area contributed by atoms with Crippen molar-refractivity contribution in [1.29, 1.82) is 0 Å². The summed E-state index contributed by atoms with van der Waals surface area (Å²) in [4.78, 5) is 11.8. The highest BCUT2D eigenvalue weighted by molar-refractivity contribution is 7.91. The monoisotopic (exact) mass is 314 g/mol. The third-order valence-electron chi connectivity index (χ3n) is 3.57. The Labute approximate surface area is 123 Å². The van der Waals surface area contributed by atoms with Crippen LogP contribution in [0.15, 0.2) is 24.3 Å². The van der Waals surface area contributed by atoms with Gasteiger partial charge >= 0.3 is 6.03 Å². The largest absolute Gasteiger partial charge is 0.338 e. The van der Waals surface area contributed by atoms with Crippen LogP contribution in [-0.2, 0) is 9.84 Å². The Hall–Kier alpha value is -1.63. The number of amides is 2. The number of nitrogens with one attached hydrogen (secondary N) is 2. The van der Waals surface area contributed by atoms with E-state index in [0.29, 0.717) is 18.5 Å². The SMILES string of the molecule is C[C@@H](NC(=O)NC[C@H]1CCS(=O)(=O)C1)c1cccc(F)c1. The molecule has 1 saturated heterocycles. The van der Waals surface area contributed by atoms with Crippen LogP contribution in [0, 0.1) is 11.7 Å². The lowest BCUT2D eigenvalue weighted by molar-refractivity contribution is 0.236. The third kappa shape index (κ3) is 4.70. The first kappa shape index (κ1) is 15.8. The molecule has 1 aliphatic rings. The molecule has 2 amide bonds. The summed E-state index contributed by atoms with van der Waals surface area (Å²) in [5.74, 6) is -0.0455. The number of halogens is 1. The predicted molar refractivity (Wildman–Crippen MR) is 78.1 cm³/mol. The van der Waals surface area contributed by atoms with Crippen LogP contribution < -0.4 is 10.6 Å². The lowest BCUT2D eigenvalue weighted by Crippen LogP contribution is -2.39. The molecule has 116 valence electrons. The van der Waals surface area contributed by atoms with Gasteiger partial charge in [-0.3, -0.25) is 0 Å². The summed E-state index contributed by atoms with van der Waals surface area (Å²) in [6.07, 6.45) is 0.585. The van der Waals surface area contributed by atoms with E-state index >= 15 is 0 Å². The number of carbonyl (C=O) groups is 1.